The molecule has 4 rings (SSSR count). The predicted molar refractivity (Wildman–Crippen MR) is 109 cm³/mol. The molecule has 0 spiro atoms. The Labute approximate surface area is 171 Å². The molecule has 6 nitrogen and oxygen atoms in total. The molecule has 2 aromatic rings. The van der Waals surface area contributed by atoms with Gasteiger partial charge in [0, 0.05) is 24.4 Å². The molecule has 1 aliphatic carbocycles. The summed E-state index contributed by atoms with van der Waals surface area (Å²) in [7, 11) is 0. The average molecular weight is 397 g/mol. The molecular weight excluding hydrogens is 366 g/mol. The van der Waals surface area contributed by atoms with Gasteiger partial charge in [-0.25, -0.2) is 0 Å². The van der Waals surface area contributed by atoms with Crippen LogP contribution in [0.5, 0.6) is 0 Å². The third kappa shape index (κ3) is 5.07. The second-order valence-corrected chi connectivity index (χ2v) is 8.28. The number of rotatable bonds is 6. The summed E-state index contributed by atoms with van der Waals surface area (Å²) in [4.78, 5) is 25.0. The molecule has 1 aromatic carbocycles. The van der Waals surface area contributed by atoms with E-state index >= 15 is 0 Å². The molecular formula is C23H30N3O3+. The van der Waals surface area contributed by atoms with Crippen molar-refractivity contribution in [3.8, 4) is 0 Å². The Kier molecular flexibility index (Phi) is 6.30. The molecule has 1 aliphatic heterocycles. The molecule has 2 amide bonds. The van der Waals surface area contributed by atoms with Gasteiger partial charge < -0.3 is 20.4 Å². The van der Waals surface area contributed by atoms with E-state index in [2.05, 4.69) is 34.1 Å². The fourth-order valence-corrected chi connectivity index (χ4v) is 4.48. The highest BCUT2D eigenvalue weighted by molar-refractivity contribution is 5.81. The molecule has 0 unspecified atom stereocenters. The van der Waals surface area contributed by atoms with Gasteiger partial charge in [-0.05, 0) is 49.3 Å². The summed E-state index contributed by atoms with van der Waals surface area (Å²) in [5.41, 5.74) is 2.62. The number of hydrogen-bond donors (Lipinski definition) is 3. The van der Waals surface area contributed by atoms with Crippen LogP contribution in [0.4, 0.5) is 0 Å². The normalized spacial score (nSPS) is 23.8. The first-order valence-electron chi connectivity index (χ1n) is 10.7. The van der Waals surface area contributed by atoms with Gasteiger partial charge in [-0.2, -0.15) is 0 Å². The number of carbonyl (C=O) groups excluding carboxylic acids is 2. The lowest BCUT2D eigenvalue weighted by Gasteiger charge is -2.28. The van der Waals surface area contributed by atoms with Gasteiger partial charge in [-0.3, -0.25) is 9.59 Å². The van der Waals surface area contributed by atoms with Crippen LogP contribution in [0.3, 0.4) is 0 Å². The number of fused-ring (bicyclic) bond motifs is 1. The molecule has 1 atom stereocenters. The zero-order chi connectivity index (χ0) is 20.1. The van der Waals surface area contributed by atoms with Gasteiger partial charge in [0.25, 0.3) is 5.91 Å². The Morgan fingerprint density at radius 3 is 2.52 bits per heavy atom. The van der Waals surface area contributed by atoms with Crippen molar-refractivity contribution in [1.82, 2.24) is 10.6 Å². The predicted octanol–water partition coefficient (Wildman–Crippen LogP) is 1.51. The molecule has 0 radical (unpaired) electrons. The van der Waals surface area contributed by atoms with Crippen LogP contribution in [0.2, 0.25) is 0 Å². The van der Waals surface area contributed by atoms with Crippen LogP contribution >= 0.6 is 0 Å². The van der Waals surface area contributed by atoms with Crippen LogP contribution < -0.4 is 16.0 Å². The van der Waals surface area contributed by atoms with Crippen LogP contribution in [0.15, 0.2) is 47.1 Å². The molecule has 0 saturated heterocycles. The SMILES string of the molecule is O=C(NCc1ccco1)C1CCC(CNC(=O)[C@@H]2Cc3ccccc3C[NH2+]2)CC1. The Hall–Kier alpha value is -2.60. The number of benzene rings is 1. The third-order valence-corrected chi connectivity index (χ3v) is 6.32. The maximum atomic E-state index is 12.6. The minimum absolute atomic E-state index is 0.0337. The van der Waals surface area contributed by atoms with Crippen LogP contribution in [-0.4, -0.2) is 24.4 Å². The van der Waals surface area contributed by atoms with E-state index in [0.717, 1.165) is 44.4 Å². The van der Waals surface area contributed by atoms with E-state index in [9.17, 15) is 9.59 Å². The number of hydrogen-bond acceptors (Lipinski definition) is 3. The highest BCUT2D eigenvalue weighted by Crippen LogP contribution is 2.28. The van der Waals surface area contributed by atoms with E-state index in [4.69, 9.17) is 4.42 Å². The van der Waals surface area contributed by atoms with Crippen molar-refractivity contribution >= 4 is 11.8 Å². The van der Waals surface area contributed by atoms with Crippen molar-refractivity contribution in [3.63, 3.8) is 0 Å². The fourth-order valence-electron chi connectivity index (χ4n) is 4.48. The first-order valence-corrected chi connectivity index (χ1v) is 10.7. The van der Waals surface area contributed by atoms with E-state index < -0.39 is 0 Å². The van der Waals surface area contributed by atoms with Gasteiger partial charge in [0.05, 0.1) is 12.8 Å². The molecule has 2 aliphatic rings. The smallest absolute Gasteiger partial charge is 0.278 e. The number of amides is 2. The Balaban J connectivity index is 1.16. The maximum absolute atomic E-state index is 12.6. The van der Waals surface area contributed by atoms with Crippen molar-refractivity contribution in [2.45, 2.75) is 51.2 Å². The summed E-state index contributed by atoms with van der Waals surface area (Å²) in [6.07, 6.45) is 6.14. The number of nitrogens with two attached hydrogens (primary N) is 1. The largest absolute Gasteiger partial charge is 0.467 e. The van der Waals surface area contributed by atoms with Crippen LogP contribution in [0.25, 0.3) is 0 Å². The number of carbonyl (C=O) groups is 2. The first kappa shape index (κ1) is 19.7. The topological polar surface area (TPSA) is 88.0 Å². The second-order valence-electron chi connectivity index (χ2n) is 8.28. The maximum Gasteiger partial charge on any atom is 0.278 e. The molecule has 0 bridgehead atoms. The molecule has 29 heavy (non-hydrogen) atoms. The Morgan fingerprint density at radius 2 is 1.76 bits per heavy atom. The number of furan rings is 1. The van der Waals surface area contributed by atoms with Gasteiger partial charge in [0.15, 0.2) is 6.04 Å². The summed E-state index contributed by atoms with van der Waals surface area (Å²) in [6, 6.07) is 12.0. The lowest BCUT2D eigenvalue weighted by Crippen LogP contribution is -2.93. The highest BCUT2D eigenvalue weighted by Gasteiger charge is 2.30. The fraction of sp³-hybridized carbons (Fsp3) is 0.478. The van der Waals surface area contributed by atoms with Gasteiger partial charge in [-0.1, -0.05) is 24.3 Å². The minimum atomic E-state index is -0.0337. The van der Waals surface area contributed by atoms with E-state index in [1.54, 1.807) is 6.26 Å². The molecule has 1 saturated carbocycles. The first-order chi connectivity index (χ1) is 14.2. The summed E-state index contributed by atoms with van der Waals surface area (Å²) in [5, 5.41) is 8.26. The van der Waals surface area contributed by atoms with Crippen molar-refractivity contribution < 1.29 is 19.3 Å². The van der Waals surface area contributed by atoms with Crippen LogP contribution in [0, 0.1) is 11.8 Å². The van der Waals surface area contributed by atoms with Gasteiger partial charge in [0.1, 0.15) is 12.3 Å². The minimum Gasteiger partial charge on any atom is -0.467 e. The molecule has 6 heteroatoms. The van der Waals surface area contributed by atoms with Crippen molar-refractivity contribution in [2.24, 2.45) is 11.8 Å². The number of nitrogens with one attached hydrogen (secondary N) is 2. The molecule has 1 fully saturated rings. The molecule has 2 heterocycles. The standard InChI is InChI=1S/C23H29N3O3/c27-22(26-15-20-6-3-11-29-20)17-9-7-16(8-10-17)13-25-23(28)21-12-18-4-1-2-5-19(18)14-24-21/h1-6,11,16-17,21,24H,7-10,12-15H2,(H,25,28)(H,26,27)/p+1/t16?,17?,21-/m0/s1. The van der Waals surface area contributed by atoms with E-state index in [0.29, 0.717) is 19.0 Å². The number of quaternary nitrogens is 1. The van der Waals surface area contributed by atoms with Crippen molar-refractivity contribution in [1.29, 1.82) is 0 Å². The van der Waals surface area contributed by atoms with E-state index in [-0.39, 0.29) is 23.8 Å². The summed E-state index contributed by atoms with van der Waals surface area (Å²) >= 11 is 0. The quantitative estimate of drug-likeness (QED) is 0.692. The summed E-state index contributed by atoms with van der Waals surface area (Å²) in [5.74, 6) is 1.55. The summed E-state index contributed by atoms with van der Waals surface area (Å²) in [6.45, 7) is 2.03. The average Bonchev–Trinajstić information content (AvgIpc) is 3.29. The Bertz CT molecular complexity index is 826. The van der Waals surface area contributed by atoms with Gasteiger partial charge in [0.2, 0.25) is 5.91 Å². The lowest BCUT2D eigenvalue weighted by molar-refractivity contribution is -0.695. The third-order valence-electron chi connectivity index (χ3n) is 6.32. The highest BCUT2D eigenvalue weighted by atomic mass is 16.3. The van der Waals surface area contributed by atoms with E-state index in [1.807, 2.05) is 18.2 Å². The lowest BCUT2D eigenvalue weighted by atomic mass is 9.81. The van der Waals surface area contributed by atoms with Gasteiger partial charge in [-0.15, -0.1) is 0 Å². The molecule has 4 N–H and O–H groups in total. The Morgan fingerprint density at radius 1 is 0.966 bits per heavy atom. The second kappa shape index (κ2) is 9.27. The van der Waals surface area contributed by atoms with Crippen LogP contribution in [0.1, 0.15) is 42.6 Å². The van der Waals surface area contributed by atoms with Crippen molar-refractivity contribution in [3.05, 3.63) is 59.5 Å². The van der Waals surface area contributed by atoms with Crippen molar-refractivity contribution in [2.75, 3.05) is 6.54 Å². The molecule has 154 valence electrons. The zero-order valence-electron chi connectivity index (χ0n) is 16.7. The van der Waals surface area contributed by atoms with E-state index in [1.165, 1.54) is 11.1 Å². The summed E-state index contributed by atoms with van der Waals surface area (Å²) < 4.78 is 5.25. The van der Waals surface area contributed by atoms with Gasteiger partial charge >= 0.3 is 0 Å². The van der Waals surface area contributed by atoms with Crippen LogP contribution in [-0.2, 0) is 29.1 Å². The monoisotopic (exact) mass is 396 g/mol. The zero-order valence-corrected chi connectivity index (χ0v) is 16.7. The molecule has 1 aromatic heterocycles.